The molecule has 0 saturated heterocycles. The minimum Gasteiger partial charge on any atom is -0.399 e. The predicted octanol–water partition coefficient (Wildman–Crippen LogP) is 5.54. The lowest BCUT2D eigenvalue weighted by molar-refractivity contribution is -0.0493. The first-order valence-corrected chi connectivity index (χ1v) is 11.5. The summed E-state index contributed by atoms with van der Waals surface area (Å²) in [5, 5.41) is 0. The minimum absolute atomic E-state index is 0.143. The van der Waals surface area contributed by atoms with Gasteiger partial charge in [0.2, 0.25) is 0 Å². The van der Waals surface area contributed by atoms with Gasteiger partial charge < -0.3 is 17.2 Å². The Bertz CT molecular complexity index is 1010. The third-order valence-corrected chi connectivity index (χ3v) is 8.57. The Labute approximate surface area is 184 Å². The summed E-state index contributed by atoms with van der Waals surface area (Å²) in [6, 6.07) is 26.0. The first kappa shape index (κ1) is 18.8. The van der Waals surface area contributed by atoms with Crippen LogP contribution >= 0.6 is 0 Å². The van der Waals surface area contributed by atoms with Crippen LogP contribution < -0.4 is 17.2 Å². The van der Waals surface area contributed by atoms with Crippen LogP contribution in [-0.2, 0) is 16.2 Å². The van der Waals surface area contributed by atoms with Crippen molar-refractivity contribution in [2.24, 2.45) is 5.92 Å². The zero-order chi connectivity index (χ0) is 21.3. The van der Waals surface area contributed by atoms with Crippen molar-refractivity contribution in [1.82, 2.24) is 0 Å². The van der Waals surface area contributed by atoms with Gasteiger partial charge in [-0.05, 0) is 114 Å². The van der Waals surface area contributed by atoms with Crippen LogP contribution in [-0.4, -0.2) is 0 Å². The van der Waals surface area contributed by atoms with Gasteiger partial charge >= 0.3 is 0 Å². The zero-order valence-electron chi connectivity index (χ0n) is 18.0. The van der Waals surface area contributed by atoms with Crippen molar-refractivity contribution in [3.05, 3.63) is 89.5 Å². The van der Waals surface area contributed by atoms with E-state index in [0.29, 0.717) is 5.92 Å². The van der Waals surface area contributed by atoms with E-state index in [9.17, 15) is 0 Å². The molecule has 4 aliphatic carbocycles. The van der Waals surface area contributed by atoms with E-state index in [2.05, 4.69) is 54.6 Å². The maximum Gasteiger partial charge on any atom is 0.0316 e. The van der Waals surface area contributed by atoms with Gasteiger partial charge in [0.25, 0.3) is 0 Å². The Morgan fingerprint density at radius 2 is 0.839 bits per heavy atom. The molecule has 3 heteroatoms. The first-order chi connectivity index (χ1) is 14.9. The molecule has 3 nitrogen and oxygen atoms in total. The minimum atomic E-state index is 0.143. The molecule has 0 amide bonds. The lowest BCUT2D eigenvalue weighted by atomic mass is 9.36. The highest BCUT2D eigenvalue weighted by atomic mass is 14.7. The second-order valence-electron chi connectivity index (χ2n) is 10.7. The number of anilines is 3. The number of nitrogens with two attached hydrogens (primary N) is 3. The first-order valence-electron chi connectivity index (χ1n) is 11.5. The van der Waals surface area contributed by atoms with Crippen LogP contribution in [0.3, 0.4) is 0 Å². The Kier molecular flexibility index (Phi) is 3.81. The summed E-state index contributed by atoms with van der Waals surface area (Å²) < 4.78 is 0. The molecule has 0 radical (unpaired) electrons. The molecule has 0 spiro atoms. The number of hydrogen-bond donors (Lipinski definition) is 3. The van der Waals surface area contributed by atoms with Crippen molar-refractivity contribution in [2.75, 3.05) is 17.2 Å². The lowest BCUT2D eigenvalue weighted by Crippen LogP contribution is -2.62. The second kappa shape index (κ2) is 6.29. The van der Waals surface area contributed by atoms with Crippen LogP contribution in [0, 0.1) is 5.92 Å². The van der Waals surface area contributed by atoms with Crippen LogP contribution in [0.2, 0.25) is 0 Å². The molecule has 3 aromatic carbocycles. The van der Waals surface area contributed by atoms with Crippen LogP contribution in [0.15, 0.2) is 72.8 Å². The van der Waals surface area contributed by atoms with Gasteiger partial charge in [-0.15, -0.1) is 0 Å². The van der Waals surface area contributed by atoms with Crippen LogP contribution in [0.5, 0.6) is 0 Å². The van der Waals surface area contributed by atoms with E-state index in [1.54, 1.807) is 0 Å². The van der Waals surface area contributed by atoms with Gasteiger partial charge in [-0.2, -0.15) is 0 Å². The number of hydrogen-bond acceptors (Lipinski definition) is 3. The third-order valence-electron chi connectivity index (χ3n) is 8.57. The Morgan fingerprint density at radius 1 is 0.516 bits per heavy atom. The summed E-state index contributed by atoms with van der Waals surface area (Å²) in [5.41, 5.74) is 26.1. The monoisotopic (exact) mass is 409 g/mol. The van der Waals surface area contributed by atoms with Crippen molar-refractivity contribution < 1.29 is 0 Å². The molecular weight excluding hydrogens is 378 g/mol. The maximum absolute atomic E-state index is 6.27. The molecule has 0 atom stereocenters. The highest BCUT2D eigenvalue weighted by Crippen LogP contribution is 2.70. The van der Waals surface area contributed by atoms with Crippen LogP contribution in [0.25, 0.3) is 0 Å². The van der Waals surface area contributed by atoms with Crippen molar-refractivity contribution in [1.29, 1.82) is 0 Å². The van der Waals surface area contributed by atoms with Crippen molar-refractivity contribution in [3.8, 4) is 0 Å². The van der Waals surface area contributed by atoms with Crippen molar-refractivity contribution >= 4 is 17.1 Å². The quantitative estimate of drug-likeness (QED) is 0.497. The Hall–Kier alpha value is -2.94. The zero-order valence-corrected chi connectivity index (χ0v) is 18.0. The SMILES string of the molecule is Nc1cccc(C23CC4CC(c5cccc(N)c5)(C2)CC(c2cccc(N)c2)(C4)C3)c1. The Morgan fingerprint density at radius 3 is 1.13 bits per heavy atom. The van der Waals surface area contributed by atoms with Gasteiger partial charge in [0.1, 0.15) is 0 Å². The van der Waals surface area contributed by atoms with E-state index in [4.69, 9.17) is 17.2 Å². The Balaban J connectivity index is 1.57. The fourth-order valence-electron chi connectivity index (χ4n) is 8.01. The highest BCUT2D eigenvalue weighted by Gasteiger charge is 2.64. The molecule has 3 aromatic rings. The molecule has 0 unspecified atom stereocenters. The molecule has 0 aliphatic heterocycles. The number of benzene rings is 3. The van der Waals surface area contributed by atoms with Crippen LogP contribution in [0.4, 0.5) is 17.1 Å². The molecular formula is C28H31N3. The van der Waals surface area contributed by atoms with Crippen molar-refractivity contribution in [2.45, 2.75) is 54.8 Å². The maximum atomic E-state index is 6.27. The van der Waals surface area contributed by atoms with Gasteiger partial charge in [-0.25, -0.2) is 0 Å². The summed E-state index contributed by atoms with van der Waals surface area (Å²) in [5.74, 6) is 0.695. The topological polar surface area (TPSA) is 78.1 Å². The van der Waals surface area contributed by atoms with E-state index < -0.39 is 0 Å². The third kappa shape index (κ3) is 2.79. The van der Waals surface area contributed by atoms with Gasteiger partial charge in [0.15, 0.2) is 0 Å². The molecule has 7 rings (SSSR count). The summed E-state index contributed by atoms with van der Waals surface area (Å²) in [4.78, 5) is 0. The average Bonchev–Trinajstić information content (AvgIpc) is 2.73. The molecule has 4 bridgehead atoms. The molecule has 158 valence electrons. The van der Waals surface area contributed by atoms with Crippen LogP contribution in [0.1, 0.15) is 55.2 Å². The molecule has 6 N–H and O–H groups in total. The standard InChI is InChI=1S/C28H31N3/c29-23-7-1-4-20(10-23)26-13-19-14-27(16-26,21-5-2-8-24(30)11-21)18-28(15-19,17-26)22-6-3-9-25(31)12-22/h1-12,19H,13-18,29-31H2. The summed E-state index contributed by atoms with van der Waals surface area (Å²) in [6.07, 6.45) is 7.29. The predicted molar refractivity (Wildman–Crippen MR) is 129 cm³/mol. The molecule has 0 heterocycles. The van der Waals surface area contributed by atoms with E-state index in [1.165, 1.54) is 55.2 Å². The van der Waals surface area contributed by atoms with Gasteiger partial charge in [0, 0.05) is 17.1 Å². The molecule has 0 aromatic heterocycles. The van der Waals surface area contributed by atoms with Gasteiger partial charge in [-0.1, -0.05) is 36.4 Å². The summed E-state index contributed by atoms with van der Waals surface area (Å²) in [6.45, 7) is 0. The fraction of sp³-hybridized carbons (Fsp3) is 0.357. The second-order valence-corrected chi connectivity index (χ2v) is 10.7. The molecule has 4 aliphatic rings. The molecule has 31 heavy (non-hydrogen) atoms. The molecule has 4 saturated carbocycles. The van der Waals surface area contributed by atoms with E-state index >= 15 is 0 Å². The summed E-state index contributed by atoms with van der Waals surface area (Å²) in [7, 11) is 0. The highest BCUT2D eigenvalue weighted by molar-refractivity contribution is 5.52. The van der Waals surface area contributed by atoms with E-state index in [0.717, 1.165) is 17.1 Å². The average molecular weight is 410 g/mol. The molecule has 4 fully saturated rings. The van der Waals surface area contributed by atoms with Crippen molar-refractivity contribution in [3.63, 3.8) is 0 Å². The van der Waals surface area contributed by atoms with Gasteiger partial charge in [-0.3, -0.25) is 0 Å². The smallest absolute Gasteiger partial charge is 0.0316 e. The summed E-state index contributed by atoms with van der Waals surface area (Å²) >= 11 is 0. The van der Waals surface area contributed by atoms with E-state index in [1.807, 2.05) is 18.2 Å². The number of rotatable bonds is 3. The lowest BCUT2D eigenvalue weighted by Gasteiger charge is -2.67. The largest absolute Gasteiger partial charge is 0.399 e. The number of nitrogen functional groups attached to an aromatic ring is 3. The normalized spacial score (nSPS) is 33.5. The fourth-order valence-corrected chi connectivity index (χ4v) is 8.01. The van der Waals surface area contributed by atoms with E-state index in [-0.39, 0.29) is 16.2 Å². The van der Waals surface area contributed by atoms with Gasteiger partial charge in [0.05, 0.1) is 0 Å².